The zero-order valence-electron chi connectivity index (χ0n) is 7.90. The lowest BCUT2D eigenvalue weighted by atomic mass is 10.1. The van der Waals surface area contributed by atoms with E-state index in [1.165, 1.54) is 11.1 Å². The van der Waals surface area contributed by atoms with Gasteiger partial charge >= 0.3 is 0 Å². The minimum atomic E-state index is -1.90. The SMILES string of the molecule is Cc1ccc(SP(O)O)c(C)c1C. The average molecular weight is 216 g/mol. The number of rotatable bonds is 2. The van der Waals surface area contributed by atoms with Gasteiger partial charge in [0.2, 0.25) is 7.58 Å². The summed E-state index contributed by atoms with van der Waals surface area (Å²) in [5.41, 5.74) is 3.60. The van der Waals surface area contributed by atoms with Gasteiger partial charge in [-0.2, -0.15) is 0 Å². The van der Waals surface area contributed by atoms with Crippen molar-refractivity contribution >= 4 is 19.0 Å². The maximum Gasteiger partial charge on any atom is 0.237 e. The number of hydrogen-bond donors (Lipinski definition) is 2. The lowest BCUT2D eigenvalue weighted by Crippen LogP contribution is -1.88. The summed E-state index contributed by atoms with van der Waals surface area (Å²) in [5.74, 6) is 0. The van der Waals surface area contributed by atoms with Crippen molar-refractivity contribution in [2.75, 3.05) is 0 Å². The van der Waals surface area contributed by atoms with E-state index in [9.17, 15) is 0 Å². The van der Waals surface area contributed by atoms with Crippen molar-refractivity contribution in [2.24, 2.45) is 0 Å². The molecule has 0 aliphatic heterocycles. The Hall–Kier alpha value is -0.0800. The first kappa shape index (κ1) is 11.0. The quantitative estimate of drug-likeness (QED) is 0.747. The summed E-state index contributed by atoms with van der Waals surface area (Å²) in [6.45, 7) is 6.10. The Morgan fingerprint density at radius 3 is 2.23 bits per heavy atom. The van der Waals surface area contributed by atoms with Gasteiger partial charge in [-0.1, -0.05) is 6.07 Å². The van der Waals surface area contributed by atoms with Gasteiger partial charge < -0.3 is 9.79 Å². The van der Waals surface area contributed by atoms with E-state index in [2.05, 4.69) is 6.92 Å². The van der Waals surface area contributed by atoms with Crippen LogP contribution in [0.5, 0.6) is 0 Å². The first-order valence-electron chi connectivity index (χ1n) is 3.95. The first-order chi connectivity index (χ1) is 6.02. The molecular weight excluding hydrogens is 203 g/mol. The van der Waals surface area contributed by atoms with Crippen LogP contribution in [0.15, 0.2) is 17.0 Å². The van der Waals surface area contributed by atoms with E-state index in [4.69, 9.17) is 9.79 Å². The maximum absolute atomic E-state index is 8.87. The summed E-state index contributed by atoms with van der Waals surface area (Å²) in [4.78, 5) is 18.7. The Kier molecular flexibility index (Phi) is 3.74. The summed E-state index contributed by atoms with van der Waals surface area (Å²) in [6, 6.07) is 3.94. The standard InChI is InChI=1S/C9H13O2PS/c1-6-4-5-9(13-12(10)11)8(3)7(6)2/h4-5,10-11H,1-3H3. The summed E-state index contributed by atoms with van der Waals surface area (Å²) in [7, 11) is -1.90. The van der Waals surface area contributed by atoms with E-state index >= 15 is 0 Å². The van der Waals surface area contributed by atoms with Crippen LogP contribution in [0.2, 0.25) is 0 Å². The monoisotopic (exact) mass is 216 g/mol. The third kappa shape index (κ3) is 2.68. The summed E-state index contributed by atoms with van der Waals surface area (Å²) >= 11 is 1.12. The molecule has 0 aliphatic carbocycles. The molecule has 1 aromatic carbocycles. The van der Waals surface area contributed by atoms with Crippen LogP contribution in [0.4, 0.5) is 0 Å². The number of hydrogen-bond acceptors (Lipinski definition) is 3. The molecule has 4 heteroatoms. The van der Waals surface area contributed by atoms with Crippen LogP contribution >= 0.6 is 19.0 Å². The molecule has 0 aliphatic rings. The predicted molar refractivity (Wildman–Crippen MR) is 57.9 cm³/mol. The van der Waals surface area contributed by atoms with Crippen molar-refractivity contribution in [3.63, 3.8) is 0 Å². The van der Waals surface area contributed by atoms with Gasteiger partial charge in [-0.15, -0.1) is 0 Å². The lowest BCUT2D eigenvalue weighted by molar-refractivity contribution is 0.505. The molecule has 0 heterocycles. The van der Waals surface area contributed by atoms with Crippen molar-refractivity contribution in [2.45, 2.75) is 25.7 Å². The third-order valence-electron chi connectivity index (χ3n) is 2.19. The van der Waals surface area contributed by atoms with Gasteiger partial charge in [0.25, 0.3) is 0 Å². The second-order valence-corrected chi connectivity index (χ2v) is 5.63. The van der Waals surface area contributed by atoms with Gasteiger partial charge in [0.15, 0.2) is 0 Å². The normalized spacial score (nSPS) is 10.9. The Morgan fingerprint density at radius 1 is 1.08 bits per heavy atom. The van der Waals surface area contributed by atoms with Gasteiger partial charge in [-0.3, -0.25) is 0 Å². The highest BCUT2D eigenvalue weighted by Gasteiger charge is 2.08. The highest BCUT2D eigenvalue weighted by Crippen LogP contribution is 2.47. The minimum absolute atomic E-state index is 0.958. The zero-order chi connectivity index (χ0) is 10.0. The lowest BCUT2D eigenvalue weighted by Gasteiger charge is -2.10. The molecule has 0 amide bonds. The van der Waals surface area contributed by atoms with Crippen LogP contribution < -0.4 is 0 Å². The summed E-state index contributed by atoms with van der Waals surface area (Å²) < 4.78 is 0. The van der Waals surface area contributed by atoms with Crippen molar-refractivity contribution in [1.29, 1.82) is 0 Å². The van der Waals surface area contributed by atoms with Gasteiger partial charge in [-0.25, -0.2) is 0 Å². The van der Waals surface area contributed by atoms with E-state index in [-0.39, 0.29) is 0 Å². The molecule has 0 aromatic heterocycles. The van der Waals surface area contributed by atoms with Crippen LogP contribution in [0.1, 0.15) is 16.7 Å². The Bertz CT molecular complexity index is 313. The summed E-state index contributed by atoms with van der Waals surface area (Å²) in [5, 5.41) is 0. The van der Waals surface area contributed by atoms with Crippen molar-refractivity contribution in [1.82, 2.24) is 0 Å². The molecule has 0 unspecified atom stereocenters. The van der Waals surface area contributed by atoms with E-state index in [0.29, 0.717) is 0 Å². The van der Waals surface area contributed by atoms with Crippen molar-refractivity contribution in [3.8, 4) is 0 Å². The molecule has 0 spiro atoms. The fourth-order valence-corrected chi connectivity index (χ4v) is 2.83. The van der Waals surface area contributed by atoms with Gasteiger partial charge in [0.1, 0.15) is 0 Å². The molecular formula is C9H13O2PS. The molecule has 1 aromatic rings. The number of aryl methyl sites for hydroxylation is 1. The molecule has 13 heavy (non-hydrogen) atoms. The average Bonchev–Trinajstić information content (AvgIpc) is 2.06. The minimum Gasteiger partial charge on any atom is -0.342 e. The van der Waals surface area contributed by atoms with Gasteiger partial charge in [0.05, 0.1) is 0 Å². The van der Waals surface area contributed by atoms with E-state index in [1.807, 2.05) is 26.0 Å². The molecule has 0 radical (unpaired) electrons. The molecule has 2 nitrogen and oxygen atoms in total. The van der Waals surface area contributed by atoms with Crippen LogP contribution in [-0.2, 0) is 0 Å². The molecule has 0 saturated carbocycles. The van der Waals surface area contributed by atoms with E-state index in [0.717, 1.165) is 21.8 Å². The topological polar surface area (TPSA) is 40.5 Å². The Morgan fingerprint density at radius 2 is 1.69 bits per heavy atom. The second-order valence-electron chi connectivity index (χ2n) is 2.97. The van der Waals surface area contributed by atoms with Crippen molar-refractivity contribution < 1.29 is 9.79 Å². The van der Waals surface area contributed by atoms with Crippen LogP contribution in [0.3, 0.4) is 0 Å². The molecule has 72 valence electrons. The van der Waals surface area contributed by atoms with Crippen LogP contribution in [0.25, 0.3) is 0 Å². The van der Waals surface area contributed by atoms with Gasteiger partial charge in [-0.05, 0) is 54.9 Å². The predicted octanol–water partition coefficient (Wildman–Crippen LogP) is 2.92. The Labute approximate surface area is 83.7 Å². The van der Waals surface area contributed by atoms with E-state index < -0.39 is 7.58 Å². The fraction of sp³-hybridized carbons (Fsp3) is 0.333. The summed E-state index contributed by atoms with van der Waals surface area (Å²) in [6.07, 6.45) is 0. The highest BCUT2D eigenvalue weighted by atomic mass is 32.7. The largest absolute Gasteiger partial charge is 0.342 e. The molecule has 0 atom stereocenters. The highest BCUT2D eigenvalue weighted by molar-refractivity contribution is 8.52. The Balaban J connectivity index is 3.04. The van der Waals surface area contributed by atoms with Gasteiger partial charge in [0, 0.05) is 4.90 Å². The first-order valence-corrected chi connectivity index (χ1v) is 6.62. The van der Waals surface area contributed by atoms with Crippen molar-refractivity contribution in [3.05, 3.63) is 28.8 Å². The molecule has 2 N–H and O–H groups in total. The fourth-order valence-electron chi connectivity index (χ4n) is 1.12. The molecule has 0 bridgehead atoms. The van der Waals surface area contributed by atoms with Crippen LogP contribution in [0, 0.1) is 20.8 Å². The smallest absolute Gasteiger partial charge is 0.237 e. The number of benzene rings is 1. The van der Waals surface area contributed by atoms with E-state index in [1.54, 1.807) is 0 Å². The molecule has 1 rings (SSSR count). The molecule has 0 saturated heterocycles. The van der Waals surface area contributed by atoms with Crippen LogP contribution in [-0.4, -0.2) is 9.79 Å². The second kappa shape index (κ2) is 4.43. The maximum atomic E-state index is 8.87. The third-order valence-corrected chi connectivity index (χ3v) is 4.07. The molecule has 0 fully saturated rings. The zero-order valence-corrected chi connectivity index (χ0v) is 9.62.